The van der Waals surface area contributed by atoms with E-state index < -0.39 is 5.60 Å². The van der Waals surface area contributed by atoms with E-state index in [0.29, 0.717) is 17.5 Å². The van der Waals surface area contributed by atoms with Crippen LogP contribution in [-0.4, -0.2) is 72.8 Å². The molecule has 0 bridgehead atoms. The van der Waals surface area contributed by atoms with E-state index in [1.807, 2.05) is 79.0 Å². The second kappa shape index (κ2) is 13.0. The smallest absolute Gasteiger partial charge is 0.410 e. The van der Waals surface area contributed by atoms with Gasteiger partial charge in [0.05, 0.1) is 23.8 Å². The van der Waals surface area contributed by atoms with E-state index in [4.69, 9.17) is 9.72 Å². The Bertz CT molecular complexity index is 1630. The molecule has 1 atom stereocenters. The van der Waals surface area contributed by atoms with E-state index in [-0.39, 0.29) is 12.0 Å². The fourth-order valence-corrected chi connectivity index (χ4v) is 6.33. The maximum Gasteiger partial charge on any atom is 0.410 e. The SMILES string of the molecule is C[C@H]1CCCN1Cc1nc2ccc(NC(=O)c3ccc(-c4cnn(CCC5CCN(C(=O)OC(C)(C)C)CC5)c4)cc3)cc2[nH]1. The number of ether oxygens (including phenoxy) is 1. The van der Waals surface area contributed by atoms with Crippen LogP contribution in [-0.2, 0) is 17.8 Å². The highest BCUT2D eigenvalue weighted by molar-refractivity contribution is 6.05. The number of carbonyl (C=O) groups is 2. The van der Waals surface area contributed by atoms with Crippen molar-refractivity contribution in [2.45, 2.75) is 84.5 Å². The maximum absolute atomic E-state index is 13.0. The first-order valence-electron chi connectivity index (χ1n) is 16.2. The van der Waals surface area contributed by atoms with Gasteiger partial charge in [-0.05, 0) is 108 Å². The minimum absolute atomic E-state index is 0.153. The van der Waals surface area contributed by atoms with E-state index in [1.54, 1.807) is 0 Å². The van der Waals surface area contributed by atoms with Crippen molar-refractivity contribution in [3.05, 3.63) is 66.2 Å². The summed E-state index contributed by atoms with van der Waals surface area (Å²) in [7, 11) is 0. The average Bonchev–Trinajstić information content (AvgIpc) is 3.75. The van der Waals surface area contributed by atoms with E-state index in [1.165, 1.54) is 12.8 Å². The Morgan fingerprint density at radius 1 is 1.02 bits per heavy atom. The van der Waals surface area contributed by atoms with Gasteiger partial charge in [-0.1, -0.05) is 12.1 Å². The number of H-pyrrole nitrogens is 1. The summed E-state index contributed by atoms with van der Waals surface area (Å²) in [6.45, 7) is 12.2. The minimum atomic E-state index is -0.467. The average molecular weight is 612 g/mol. The summed E-state index contributed by atoms with van der Waals surface area (Å²) in [6, 6.07) is 14.0. The quantitative estimate of drug-likeness (QED) is 0.230. The number of carbonyl (C=O) groups excluding carboxylic acids is 2. The van der Waals surface area contributed by atoms with Gasteiger partial charge in [0.25, 0.3) is 5.91 Å². The van der Waals surface area contributed by atoms with E-state index in [0.717, 1.165) is 85.7 Å². The number of hydrogen-bond acceptors (Lipinski definition) is 6. The van der Waals surface area contributed by atoms with Gasteiger partial charge >= 0.3 is 6.09 Å². The predicted octanol–water partition coefficient (Wildman–Crippen LogP) is 6.70. The first-order chi connectivity index (χ1) is 21.6. The second-order valence-corrected chi connectivity index (χ2v) is 13.6. The number of benzene rings is 2. The molecule has 6 rings (SSSR count). The topological polar surface area (TPSA) is 108 Å². The van der Waals surface area contributed by atoms with Crippen molar-refractivity contribution < 1.29 is 14.3 Å². The lowest BCUT2D eigenvalue weighted by atomic mass is 9.94. The normalized spacial score (nSPS) is 18.0. The van der Waals surface area contributed by atoms with Crippen molar-refractivity contribution in [1.82, 2.24) is 29.5 Å². The molecule has 4 heterocycles. The van der Waals surface area contributed by atoms with Crippen LogP contribution in [0.3, 0.4) is 0 Å². The van der Waals surface area contributed by atoms with Gasteiger partial charge < -0.3 is 19.9 Å². The van der Waals surface area contributed by atoms with Crippen molar-refractivity contribution >= 4 is 28.7 Å². The number of nitrogens with zero attached hydrogens (tertiary/aromatic N) is 5. The van der Waals surface area contributed by atoms with Gasteiger partial charge in [-0.25, -0.2) is 9.78 Å². The Labute approximate surface area is 265 Å². The number of rotatable bonds is 8. The van der Waals surface area contributed by atoms with Crippen LogP contribution in [0.25, 0.3) is 22.2 Å². The molecule has 10 heteroatoms. The fraction of sp³-hybridized carbons (Fsp3) is 0.486. The van der Waals surface area contributed by atoms with Crippen LogP contribution in [0.4, 0.5) is 10.5 Å². The number of aryl methyl sites for hydroxylation is 1. The molecule has 2 aromatic carbocycles. The zero-order chi connectivity index (χ0) is 31.6. The molecular formula is C35H45N7O3. The molecule has 2 fully saturated rings. The Balaban J connectivity index is 0.989. The number of amides is 2. The first kappa shape index (κ1) is 30.8. The monoisotopic (exact) mass is 611 g/mol. The highest BCUT2D eigenvalue weighted by Crippen LogP contribution is 2.25. The molecule has 0 aliphatic carbocycles. The number of hydrogen-bond donors (Lipinski definition) is 2. The second-order valence-electron chi connectivity index (χ2n) is 13.6. The molecule has 2 saturated heterocycles. The molecule has 2 amide bonds. The van der Waals surface area contributed by atoms with Crippen LogP contribution >= 0.6 is 0 Å². The highest BCUT2D eigenvalue weighted by Gasteiger charge is 2.27. The molecule has 2 aromatic heterocycles. The lowest BCUT2D eigenvalue weighted by Gasteiger charge is -2.33. The molecule has 10 nitrogen and oxygen atoms in total. The van der Waals surface area contributed by atoms with Crippen molar-refractivity contribution in [2.24, 2.45) is 5.92 Å². The molecule has 0 saturated carbocycles. The number of likely N-dealkylation sites (tertiary alicyclic amines) is 2. The Morgan fingerprint density at radius 2 is 1.80 bits per heavy atom. The summed E-state index contributed by atoms with van der Waals surface area (Å²) in [4.78, 5) is 37.8. The molecule has 45 heavy (non-hydrogen) atoms. The zero-order valence-electron chi connectivity index (χ0n) is 26.9. The van der Waals surface area contributed by atoms with Crippen molar-refractivity contribution in [3.8, 4) is 11.1 Å². The van der Waals surface area contributed by atoms with Crippen LogP contribution in [0.1, 0.15) is 76.0 Å². The lowest BCUT2D eigenvalue weighted by molar-refractivity contribution is 0.0179. The summed E-state index contributed by atoms with van der Waals surface area (Å²) < 4.78 is 7.50. The summed E-state index contributed by atoms with van der Waals surface area (Å²) >= 11 is 0. The minimum Gasteiger partial charge on any atom is -0.444 e. The summed E-state index contributed by atoms with van der Waals surface area (Å²) in [5.41, 5.74) is 4.73. The van der Waals surface area contributed by atoms with Crippen molar-refractivity contribution in [1.29, 1.82) is 0 Å². The van der Waals surface area contributed by atoms with E-state index in [2.05, 4.69) is 33.4 Å². The van der Waals surface area contributed by atoms with Crippen molar-refractivity contribution in [2.75, 3.05) is 25.0 Å². The van der Waals surface area contributed by atoms with E-state index >= 15 is 0 Å². The summed E-state index contributed by atoms with van der Waals surface area (Å²) in [5.74, 6) is 1.37. The highest BCUT2D eigenvalue weighted by atomic mass is 16.6. The number of nitrogens with one attached hydrogen (secondary N) is 2. The third-order valence-electron chi connectivity index (χ3n) is 8.98. The summed E-state index contributed by atoms with van der Waals surface area (Å²) in [5, 5.41) is 7.60. The molecule has 0 unspecified atom stereocenters. The maximum atomic E-state index is 13.0. The third kappa shape index (κ3) is 7.73. The predicted molar refractivity (Wildman–Crippen MR) is 176 cm³/mol. The van der Waals surface area contributed by atoms with E-state index in [9.17, 15) is 9.59 Å². The molecular weight excluding hydrogens is 566 g/mol. The molecule has 2 aliphatic heterocycles. The van der Waals surface area contributed by atoms with Gasteiger partial charge in [0.2, 0.25) is 0 Å². The first-order valence-corrected chi connectivity index (χ1v) is 16.2. The van der Waals surface area contributed by atoms with Crippen LogP contribution in [0.2, 0.25) is 0 Å². The Morgan fingerprint density at radius 3 is 2.51 bits per heavy atom. The number of piperidine rings is 1. The molecule has 0 spiro atoms. The number of imidazole rings is 1. The van der Waals surface area contributed by atoms with Gasteiger partial charge in [0, 0.05) is 48.7 Å². The van der Waals surface area contributed by atoms with Crippen LogP contribution in [0, 0.1) is 5.92 Å². The number of anilines is 1. The van der Waals surface area contributed by atoms with Crippen molar-refractivity contribution in [3.63, 3.8) is 0 Å². The molecule has 4 aromatic rings. The lowest BCUT2D eigenvalue weighted by Crippen LogP contribution is -2.41. The van der Waals surface area contributed by atoms with Crippen LogP contribution in [0.5, 0.6) is 0 Å². The molecule has 2 N–H and O–H groups in total. The molecule has 2 aliphatic rings. The Hall–Kier alpha value is -4.18. The number of aromatic amines is 1. The van der Waals surface area contributed by atoms with Gasteiger partial charge in [0.15, 0.2) is 0 Å². The zero-order valence-corrected chi connectivity index (χ0v) is 26.9. The third-order valence-corrected chi connectivity index (χ3v) is 8.98. The molecule has 0 radical (unpaired) electrons. The Kier molecular flexibility index (Phi) is 8.94. The van der Waals surface area contributed by atoms with Gasteiger partial charge in [-0.15, -0.1) is 0 Å². The van der Waals surface area contributed by atoms with Gasteiger partial charge in [0.1, 0.15) is 11.4 Å². The number of aromatic nitrogens is 4. The standard InChI is InChI=1S/C35H45N7O3/c1-24-6-5-16-41(24)23-32-38-30-12-11-29(20-31(30)39-32)37-33(43)27-9-7-26(8-10-27)28-21-36-42(22-28)19-15-25-13-17-40(18-14-25)34(44)45-35(2,3)4/h7-12,20-22,24-25H,5-6,13-19,23H2,1-4H3,(H,37,43)(H,38,39)/t24-/m0/s1. The number of fused-ring (bicyclic) bond motifs is 1. The molecule has 238 valence electrons. The van der Waals surface area contributed by atoms with Crippen LogP contribution in [0.15, 0.2) is 54.9 Å². The summed E-state index contributed by atoms with van der Waals surface area (Å²) in [6.07, 6.45) is 9.17. The van der Waals surface area contributed by atoms with Gasteiger partial charge in [-0.3, -0.25) is 14.4 Å². The van der Waals surface area contributed by atoms with Crippen LogP contribution < -0.4 is 5.32 Å². The largest absolute Gasteiger partial charge is 0.444 e. The fourth-order valence-electron chi connectivity index (χ4n) is 6.33. The van der Waals surface area contributed by atoms with Gasteiger partial charge in [-0.2, -0.15) is 5.10 Å².